The third kappa shape index (κ3) is 2.01. The van der Waals surface area contributed by atoms with Crippen LogP contribution < -0.4 is 21.9 Å². The highest BCUT2D eigenvalue weighted by Gasteiger charge is 2.42. The predicted molar refractivity (Wildman–Crippen MR) is 66.1 cm³/mol. The molecule has 9 nitrogen and oxygen atoms in total. The van der Waals surface area contributed by atoms with Crippen LogP contribution in [0.15, 0.2) is 9.59 Å². The van der Waals surface area contributed by atoms with Crippen molar-refractivity contribution in [2.75, 3.05) is 18.0 Å². The Labute approximate surface area is 107 Å². The molecule has 1 saturated heterocycles. The summed E-state index contributed by atoms with van der Waals surface area (Å²) in [6.45, 7) is 0.298. The Kier molecular flexibility index (Phi) is 2.93. The van der Waals surface area contributed by atoms with Crippen LogP contribution >= 0.6 is 0 Å². The predicted octanol–water partition coefficient (Wildman–Crippen LogP) is -2.53. The molecular formula is C10H15N5O4. The molecule has 0 amide bonds. The van der Waals surface area contributed by atoms with E-state index < -0.39 is 22.8 Å². The molecule has 104 valence electrons. The van der Waals surface area contributed by atoms with Gasteiger partial charge in [0.1, 0.15) is 5.54 Å². The minimum absolute atomic E-state index is 0.0111. The lowest BCUT2D eigenvalue weighted by atomic mass is 10.0. The third-order valence-electron chi connectivity index (χ3n) is 3.33. The van der Waals surface area contributed by atoms with Crippen molar-refractivity contribution < 1.29 is 9.90 Å². The molecule has 0 bridgehead atoms. The molecule has 9 heteroatoms. The molecule has 0 saturated carbocycles. The number of aromatic nitrogens is 3. The van der Waals surface area contributed by atoms with Crippen molar-refractivity contribution >= 4 is 11.8 Å². The second-order valence-corrected chi connectivity index (χ2v) is 4.73. The maximum Gasteiger partial charge on any atom is 0.346 e. The number of carboxylic acids is 1. The SMILES string of the molecule is Cn1nc(N2CCC(N)(C(=O)O)C2)c(=O)n(C)c1=O. The molecule has 1 aliphatic heterocycles. The Hall–Kier alpha value is -2.16. The van der Waals surface area contributed by atoms with Crippen molar-refractivity contribution in [3.05, 3.63) is 20.8 Å². The highest BCUT2D eigenvalue weighted by molar-refractivity contribution is 5.80. The number of carboxylic acid groups (broad SMARTS) is 1. The van der Waals surface area contributed by atoms with E-state index in [1.54, 1.807) is 0 Å². The van der Waals surface area contributed by atoms with Gasteiger partial charge in [-0.15, -0.1) is 5.10 Å². The van der Waals surface area contributed by atoms with Crippen molar-refractivity contribution in [1.29, 1.82) is 0 Å². The number of nitrogens with two attached hydrogens (primary N) is 1. The highest BCUT2D eigenvalue weighted by Crippen LogP contribution is 2.21. The first kappa shape index (κ1) is 13.3. The number of anilines is 1. The van der Waals surface area contributed by atoms with Gasteiger partial charge in [-0.05, 0) is 6.42 Å². The highest BCUT2D eigenvalue weighted by atomic mass is 16.4. The summed E-state index contributed by atoms with van der Waals surface area (Å²) in [5, 5.41) is 12.9. The van der Waals surface area contributed by atoms with Crippen molar-refractivity contribution in [2.24, 2.45) is 19.8 Å². The maximum atomic E-state index is 12.0. The number of carbonyl (C=O) groups is 1. The number of aryl methyl sites for hydroxylation is 1. The fourth-order valence-corrected chi connectivity index (χ4v) is 2.07. The largest absolute Gasteiger partial charge is 0.480 e. The fourth-order valence-electron chi connectivity index (χ4n) is 2.07. The van der Waals surface area contributed by atoms with Crippen LogP contribution in [0.25, 0.3) is 0 Å². The van der Waals surface area contributed by atoms with E-state index in [-0.39, 0.29) is 18.8 Å². The van der Waals surface area contributed by atoms with Crippen LogP contribution in [0.3, 0.4) is 0 Å². The van der Waals surface area contributed by atoms with Crippen LogP contribution in [0.1, 0.15) is 6.42 Å². The van der Waals surface area contributed by atoms with Gasteiger partial charge in [-0.25, -0.2) is 9.48 Å². The van der Waals surface area contributed by atoms with E-state index in [0.29, 0.717) is 6.54 Å². The van der Waals surface area contributed by atoms with Gasteiger partial charge in [0.2, 0.25) is 5.82 Å². The summed E-state index contributed by atoms with van der Waals surface area (Å²) in [5.74, 6) is -1.07. The molecule has 2 rings (SSSR count). The minimum Gasteiger partial charge on any atom is -0.480 e. The number of rotatable bonds is 2. The summed E-state index contributed by atoms with van der Waals surface area (Å²) in [4.78, 5) is 36.0. The van der Waals surface area contributed by atoms with Crippen LogP contribution in [0.2, 0.25) is 0 Å². The zero-order chi connectivity index (χ0) is 14.4. The number of hydrogen-bond donors (Lipinski definition) is 2. The van der Waals surface area contributed by atoms with E-state index in [1.807, 2.05) is 0 Å². The van der Waals surface area contributed by atoms with E-state index in [2.05, 4.69) is 5.10 Å². The Morgan fingerprint density at radius 2 is 2.05 bits per heavy atom. The quantitative estimate of drug-likeness (QED) is 0.606. The molecule has 1 aromatic rings. The zero-order valence-electron chi connectivity index (χ0n) is 10.7. The Morgan fingerprint density at radius 1 is 1.42 bits per heavy atom. The molecule has 0 radical (unpaired) electrons. The lowest BCUT2D eigenvalue weighted by Gasteiger charge is -2.20. The van der Waals surface area contributed by atoms with Crippen molar-refractivity contribution in [1.82, 2.24) is 14.3 Å². The van der Waals surface area contributed by atoms with Gasteiger partial charge < -0.3 is 15.7 Å². The summed E-state index contributed by atoms with van der Waals surface area (Å²) < 4.78 is 1.97. The van der Waals surface area contributed by atoms with Gasteiger partial charge in [-0.2, -0.15) is 0 Å². The van der Waals surface area contributed by atoms with Crippen molar-refractivity contribution in [3.8, 4) is 0 Å². The van der Waals surface area contributed by atoms with Crippen LogP contribution in [0, 0.1) is 0 Å². The first-order valence-corrected chi connectivity index (χ1v) is 5.68. The van der Waals surface area contributed by atoms with Gasteiger partial charge in [0, 0.05) is 27.2 Å². The molecule has 1 aromatic heterocycles. The van der Waals surface area contributed by atoms with Crippen molar-refractivity contribution in [2.45, 2.75) is 12.0 Å². The molecular weight excluding hydrogens is 254 g/mol. The summed E-state index contributed by atoms with van der Waals surface area (Å²) in [6.07, 6.45) is 0.218. The smallest absolute Gasteiger partial charge is 0.346 e. The van der Waals surface area contributed by atoms with E-state index in [1.165, 1.54) is 19.0 Å². The average molecular weight is 269 g/mol. The lowest BCUT2D eigenvalue weighted by Crippen LogP contribution is -2.51. The second kappa shape index (κ2) is 4.19. The first-order chi connectivity index (χ1) is 8.76. The molecule has 0 aromatic carbocycles. The normalized spacial score (nSPS) is 22.8. The topological polar surface area (TPSA) is 123 Å². The van der Waals surface area contributed by atoms with Crippen LogP contribution in [0.5, 0.6) is 0 Å². The van der Waals surface area contributed by atoms with Gasteiger partial charge in [0.15, 0.2) is 0 Å². The van der Waals surface area contributed by atoms with E-state index in [4.69, 9.17) is 10.8 Å². The van der Waals surface area contributed by atoms with Crippen LogP contribution in [-0.4, -0.2) is 44.1 Å². The zero-order valence-corrected chi connectivity index (χ0v) is 10.7. The summed E-state index contributed by atoms with van der Waals surface area (Å²) in [7, 11) is 2.77. The molecule has 2 heterocycles. The molecule has 1 aliphatic rings. The van der Waals surface area contributed by atoms with Gasteiger partial charge in [0.25, 0.3) is 5.56 Å². The summed E-state index contributed by atoms with van der Waals surface area (Å²) >= 11 is 0. The first-order valence-electron chi connectivity index (χ1n) is 5.68. The molecule has 1 fully saturated rings. The van der Waals surface area contributed by atoms with Crippen LogP contribution in [-0.2, 0) is 18.9 Å². The maximum absolute atomic E-state index is 12.0. The average Bonchev–Trinajstić information content (AvgIpc) is 2.75. The minimum atomic E-state index is -1.39. The molecule has 1 atom stereocenters. The standard InChI is InChI=1S/C10H15N5O4/c1-13-7(16)6(12-14(2)9(13)19)15-4-3-10(11,5-15)8(17)18/h3-5,11H2,1-2H3,(H,17,18). The number of nitrogens with zero attached hydrogens (tertiary/aromatic N) is 4. The second-order valence-electron chi connectivity index (χ2n) is 4.73. The van der Waals surface area contributed by atoms with Crippen molar-refractivity contribution in [3.63, 3.8) is 0 Å². The fraction of sp³-hybridized carbons (Fsp3) is 0.600. The number of aliphatic carboxylic acids is 1. The third-order valence-corrected chi connectivity index (χ3v) is 3.33. The molecule has 19 heavy (non-hydrogen) atoms. The molecule has 3 N–H and O–H groups in total. The Balaban J connectivity index is 2.44. The van der Waals surface area contributed by atoms with Gasteiger partial charge in [-0.3, -0.25) is 14.2 Å². The van der Waals surface area contributed by atoms with Gasteiger partial charge >= 0.3 is 11.7 Å². The molecule has 0 aliphatic carbocycles. The van der Waals surface area contributed by atoms with Gasteiger partial charge in [0.05, 0.1) is 0 Å². The monoisotopic (exact) mass is 269 g/mol. The van der Waals surface area contributed by atoms with Crippen LogP contribution in [0.4, 0.5) is 5.82 Å². The Morgan fingerprint density at radius 3 is 2.58 bits per heavy atom. The van der Waals surface area contributed by atoms with E-state index in [0.717, 1.165) is 9.25 Å². The van der Waals surface area contributed by atoms with E-state index >= 15 is 0 Å². The van der Waals surface area contributed by atoms with Gasteiger partial charge in [-0.1, -0.05) is 0 Å². The Bertz CT molecular complexity index is 648. The molecule has 1 unspecified atom stereocenters. The summed E-state index contributed by atoms with van der Waals surface area (Å²) in [6, 6.07) is 0. The number of hydrogen-bond acceptors (Lipinski definition) is 6. The van der Waals surface area contributed by atoms with E-state index in [9.17, 15) is 14.4 Å². The molecule has 0 spiro atoms. The lowest BCUT2D eigenvalue weighted by molar-refractivity contribution is -0.142. The summed E-state index contributed by atoms with van der Waals surface area (Å²) in [5.41, 5.74) is 3.26.